The summed E-state index contributed by atoms with van der Waals surface area (Å²) in [4.78, 5) is 16.0. The Kier molecular flexibility index (Phi) is 5.60. The van der Waals surface area contributed by atoms with Gasteiger partial charge in [0.1, 0.15) is 5.82 Å². The maximum Gasteiger partial charge on any atom is 0.307 e. The number of carbonyl (C=O) groups excluding carboxylic acids is 1. The Labute approximate surface area is 154 Å². The SMILES string of the molecule is O=C(CCS(=O)(=O)c1ccccc1)OCc1nc(-c2ccc(F)cc2)no1. The predicted octanol–water partition coefficient (Wildman–Crippen LogP) is 2.78. The van der Waals surface area contributed by atoms with Crippen molar-refractivity contribution in [3.8, 4) is 11.4 Å². The van der Waals surface area contributed by atoms with E-state index in [1.54, 1.807) is 18.2 Å². The molecule has 0 amide bonds. The van der Waals surface area contributed by atoms with Crippen molar-refractivity contribution in [2.75, 3.05) is 5.75 Å². The maximum absolute atomic E-state index is 12.9. The van der Waals surface area contributed by atoms with Crippen LogP contribution >= 0.6 is 0 Å². The minimum Gasteiger partial charge on any atom is -0.456 e. The summed E-state index contributed by atoms with van der Waals surface area (Å²) in [6, 6.07) is 13.4. The zero-order valence-corrected chi connectivity index (χ0v) is 14.9. The van der Waals surface area contributed by atoms with E-state index in [0.717, 1.165) is 0 Å². The molecule has 0 N–H and O–H groups in total. The van der Waals surface area contributed by atoms with Crippen LogP contribution in [-0.2, 0) is 26.0 Å². The fourth-order valence-electron chi connectivity index (χ4n) is 2.21. The van der Waals surface area contributed by atoms with Gasteiger partial charge in [-0.15, -0.1) is 0 Å². The van der Waals surface area contributed by atoms with E-state index < -0.39 is 15.8 Å². The van der Waals surface area contributed by atoms with Gasteiger partial charge in [0.15, 0.2) is 16.4 Å². The zero-order valence-electron chi connectivity index (χ0n) is 14.0. The first-order valence-corrected chi connectivity index (χ1v) is 9.61. The number of hydrogen-bond acceptors (Lipinski definition) is 7. The molecule has 0 aliphatic rings. The van der Waals surface area contributed by atoms with Gasteiger partial charge in [-0.3, -0.25) is 4.79 Å². The standard InChI is InChI=1S/C18H15FN2O5S/c19-14-8-6-13(7-9-14)18-20-16(26-21-18)12-25-17(22)10-11-27(23,24)15-4-2-1-3-5-15/h1-9H,10-12H2. The summed E-state index contributed by atoms with van der Waals surface area (Å²) in [7, 11) is -3.56. The molecular weight excluding hydrogens is 375 g/mol. The van der Waals surface area contributed by atoms with Crippen molar-refractivity contribution in [3.05, 3.63) is 66.3 Å². The van der Waals surface area contributed by atoms with Gasteiger partial charge in [0, 0.05) is 5.56 Å². The van der Waals surface area contributed by atoms with Crippen LogP contribution in [0.5, 0.6) is 0 Å². The van der Waals surface area contributed by atoms with Gasteiger partial charge in [-0.1, -0.05) is 23.4 Å². The molecule has 27 heavy (non-hydrogen) atoms. The van der Waals surface area contributed by atoms with Gasteiger partial charge in [-0.05, 0) is 36.4 Å². The molecular formula is C18H15FN2O5S. The largest absolute Gasteiger partial charge is 0.456 e. The van der Waals surface area contributed by atoms with E-state index in [2.05, 4.69) is 10.1 Å². The second-order valence-corrected chi connectivity index (χ2v) is 7.67. The molecule has 3 aromatic rings. The Hall–Kier alpha value is -3.07. The molecule has 0 aliphatic heterocycles. The van der Waals surface area contributed by atoms with Crippen LogP contribution in [0.25, 0.3) is 11.4 Å². The van der Waals surface area contributed by atoms with Gasteiger partial charge < -0.3 is 9.26 Å². The number of ether oxygens (including phenoxy) is 1. The molecule has 0 aliphatic carbocycles. The Morgan fingerprint density at radius 2 is 1.78 bits per heavy atom. The minimum atomic E-state index is -3.56. The molecule has 2 aromatic carbocycles. The third kappa shape index (κ3) is 4.98. The molecule has 0 fully saturated rings. The quantitative estimate of drug-likeness (QED) is 0.572. The van der Waals surface area contributed by atoms with Crippen LogP contribution in [0.2, 0.25) is 0 Å². The van der Waals surface area contributed by atoms with E-state index in [1.165, 1.54) is 36.4 Å². The molecule has 7 nitrogen and oxygen atoms in total. The van der Waals surface area contributed by atoms with Gasteiger partial charge in [0.25, 0.3) is 5.89 Å². The van der Waals surface area contributed by atoms with Gasteiger partial charge in [0.2, 0.25) is 5.82 Å². The average Bonchev–Trinajstić information content (AvgIpc) is 3.15. The molecule has 0 saturated heterocycles. The van der Waals surface area contributed by atoms with Crippen molar-refractivity contribution in [2.45, 2.75) is 17.9 Å². The first kappa shape index (κ1) is 18.7. The van der Waals surface area contributed by atoms with Crippen LogP contribution < -0.4 is 0 Å². The van der Waals surface area contributed by atoms with Crippen LogP contribution in [0.1, 0.15) is 12.3 Å². The zero-order chi connectivity index (χ0) is 19.3. The number of aromatic nitrogens is 2. The fraction of sp³-hybridized carbons (Fsp3) is 0.167. The molecule has 0 atom stereocenters. The number of carbonyl (C=O) groups is 1. The number of benzene rings is 2. The molecule has 0 spiro atoms. The van der Waals surface area contributed by atoms with Gasteiger partial charge >= 0.3 is 5.97 Å². The lowest BCUT2D eigenvalue weighted by molar-refractivity contribution is -0.145. The maximum atomic E-state index is 12.9. The number of sulfone groups is 1. The Balaban J connectivity index is 1.52. The monoisotopic (exact) mass is 390 g/mol. The molecule has 3 rings (SSSR count). The molecule has 0 unspecified atom stereocenters. The van der Waals surface area contributed by atoms with Crippen molar-refractivity contribution in [1.29, 1.82) is 0 Å². The summed E-state index contributed by atoms with van der Waals surface area (Å²) in [5, 5.41) is 3.72. The van der Waals surface area contributed by atoms with Crippen LogP contribution in [0.4, 0.5) is 4.39 Å². The van der Waals surface area contributed by atoms with Crippen LogP contribution in [0, 0.1) is 5.82 Å². The molecule has 1 heterocycles. The number of hydrogen-bond donors (Lipinski definition) is 0. The van der Waals surface area contributed by atoms with Crippen LogP contribution in [0.15, 0.2) is 64.0 Å². The summed E-state index contributed by atoms with van der Waals surface area (Å²) < 4.78 is 47.1. The highest BCUT2D eigenvalue weighted by Crippen LogP contribution is 2.16. The summed E-state index contributed by atoms with van der Waals surface area (Å²) in [6.45, 7) is -0.279. The molecule has 0 radical (unpaired) electrons. The first-order valence-electron chi connectivity index (χ1n) is 7.96. The Bertz CT molecular complexity index is 1020. The molecule has 0 bridgehead atoms. The lowest BCUT2D eigenvalue weighted by atomic mass is 10.2. The number of halogens is 1. The first-order chi connectivity index (χ1) is 12.9. The molecule has 9 heteroatoms. The van der Waals surface area contributed by atoms with Crippen molar-refractivity contribution in [1.82, 2.24) is 10.1 Å². The van der Waals surface area contributed by atoms with Crippen LogP contribution in [0.3, 0.4) is 0 Å². The van der Waals surface area contributed by atoms with Gasteiger partial charge in [0.05, 0.1) is 17.1 Å². The Morgan fingerprint density at radius 3 is 2.48 bits per heavy atom. The topological polar surface area (TPSA) is 99.4 Å². The van der Waals surface area contributed by atoms with E-state index in [9.17, 15) is 17.6 Å². The highest BCUT2D eigenvalue weighted by molar-refractivity contribution is 7.91. The fourth-order valence-corrected chi connectivity index (χ4v) is 3.45. The third-order valence-electron chi connectivity index (χ3n) is 3.60. The van der Waals surface area contributed by atoms with E-state index >= 15 is 0 Å². The number of esters is 1. The van der Waals surface area contributed by atoms with E-state index in [-0.39, 0.29) is 41.2 Å². The summed E-state index contributed by atoms with van der Waals surface area (Å²) >= 11 is 0. The molecule has 0 saturated carbocycles. The van der Waals surface area contributed by atoms with Crippen molar-refractivity contribution >= 4 is 15.8 Å². The Morgan fingerprint density at radius 1 is 1.07 bits per heavy atom. The van der Waals surface area contributed by atoms with Crippen LogP contribution in [-0.4, -0.2) is 30.3 Å². The van der Waals surface area contributed by atoms with Gasteiger partial charge in [-0.2, -0.15) is 4.98 Å². The smallest absolute Gasteiger partial charge is 0.307 e. The highest BCUT2D eigenvalue weighted by atomic mass is 32.2. The highest BCUT2D eigenvalue weighted by Gasteiger charge is 2.17. The van der Waals surface area contributed by atoms with E-state index in [1.807, 2.05) is 0 Å². The van der Waals surface area contributed by atoms with Crippen molar-refractivity contribution < 1.29 is 26.9 Å². The van der Waals surface area contributed by atoms with E-state index in [0.29, 0.717) is 5.56 Å². The average molecular weight is 390 g/mol. The third-order valence-corrected chi connectivity index (χ3v) is 5.34. The second-order valence-electron chi connectivity index (χ2n) is 5.56. The predicted molar refractivity (Wildman–Crippen MR) is 92.6 cm³/mol. The van der Waals surface area contributed by atoms with Crippen molar-refractivity contribution in [3.63, 3.8) is 0 Å². The van der Waals surface area contributed by atoms with Crippen molar-refractivity contribution in [2.24, 2.45) is 0 Å². The summed E-state index contributed by atoms with van der Waals surface area (Å²) in [5.41, 5.74) is 0.548. The lowest BCUT2D eigenvalue weighted by Gasteiger charge is -2.04. The van der Waals surface area contributed by atoms with E-state index in [4.69, 9.17) is 9.26 Å². The summed E-state index contributed by atoms with van der Waals surface area (Å²) in [6.07, 6.45) is -0.295. The lowest BCUT2D eigenvalue weighted by Crippen LogP contribution is -2.13. The second kappa shape index (κ2) is 8.09. The molecule has 1 aromatic heterocycles. The molecule has 140 valence electrons. The minimum absolute atomic E-state index is 0.0496. The number of nitrogens with zero attached hydrogens (tertiary/aromatic N) is 2. The number of rotatable bonds is 7. The normalized spacial score (nSPS) is 11.3. The van der Waals surface area contributed by atoms with Gasteiger partial charge in [-0.25, -0.2) is 12.8 Å². The summed E-state index contributed by atoms with van der Waals surface area (Å²) in [5.74, 6) is -1.17.